The van der Waals surface area contributed by atoms with Crippen LogP contribution in [0.5, 0.6) is 0 Å². The van der Waals surface area contributed by atoms with Gasteiger partial charge in [-0.3, -0.25) is 5.10 Å². The standard InChI is InChI=1S/C19H21N7/c1-13-16(14(2)23-22-13)9-6-10-20-18-11-17(15-7-4-3-5-8-15)25-26-12-21-24-19(18)26/h3-5,7-8,11-12,20H,6,9-10H2,1-2H3,(H,22,23). The lowest BCUT2D eigenvalue weighted by Gasteiger charge is -2.10. The molecule has 0 spiro atoms. The molecule has 0 saturated heterocycles. The van der Waals surface area contributed by atoms with E-state index in [9.17, 15) is 0 Å². The van der Waals surface area contributed by atoms with Crippen LogP contribution in [0, 0.1) is 13.8 Å². The van der Waals surface area contributed by atoms with Gasteiger partial charge in [-0.2, -0.15) is 14.7 Å². The van der Waals surface area contributed by atoms with Crippen LogP contribution in [-0.2, 0) is 6.42 Å². The first-order valence-electron chi connectivity index (χ1n) is 8.73. The smallest absolute Gasteiger partial charge is 0.200 e. The van der Waals surface area contributed by atoms with Gasteiger partial charge in [0.25, 0.3) is 0 Å². The van der Waals surface area contributed by atoms with E-state index in [1.54, 1.807) is 10.8 Å². The molecule has 0 unspecified atom stereocenters. The van der Waals surface area contributed by atoms with Crippen molar-refractivity contribution in [3.63, 3.8) is 0 Å². The molecule has 0 amide bonds. The quantitative estimate of drug-likeness (QED) is 0.523. The van der Waals surface area contributed by atoms with Crippen molar-refractivity contribution in [2.24, 2.45) is 0 Å². The van der Waals surface area contributed by atoms with Crippen LogP contribution in [0.1, 0.15) is 23.4 Å². The highest BCUT2D eigenvalue weighted by molar-refractivity contribution is 5.73. The fraction of sp³-hybridized carbons (Fsp3) is 0.263. The largest absolute Gasteiger partial charge is 0.382 e. The van der Waals surface area contributed by atoms with Crippen molar-refractivity contribution in [1.82, 2.24) is 30.0 Å². The second kappa shape index (κ2) is 6.95. The molecule has 132 valence electrons. The Hall–Kier alpha value is -3.22. The lowest BCUT2D eigenvalue weighted by Crippen LogP contribution is -2.07. The zero-order chi connectivity index (χ0) is 17.9. The van der Waals surface area contributed by atoms with Crippen LogP contribution in [0.4, 0.5) is 5.69 Å². The van der Waals surface area contributed by atoms with Crippen LogP contribution in [0.15, 0.2) is 42.7 Å². The molecule has 7 heteroatoms. The van der Waals surface area contributed by atoms with Crippen molar-refractivity contribution < 1.29 is 0 Å². The Labute approximate surface area is 151 Å². The van der Waals surface area contributed by atoms with Gasteiger partial charge in [-0.1, -0.05) is 30.3 Å². The van der Waals surface area contributed by atoms with Crippen molar-refractivity contribution in [2.45, 2.75) is 26.7 Å². The van der Waals surface area contributed by atoms with Crippen LogP contribution in [-0.4, -0.2) is 36.6 Å². The Morgan fingerprint density at radius 1 is 1.15 bits per heavy atom. The number of aryl methyl sites for hydroxylation is 2. The predicted molar refractivity (Wildman–Crippen MR) is 101 cm³/mol. The number of H-pyrrole nitrogens is 1. The van der Waals surface area contributed by atoms with Gasteiger partial charge in [0.1, 0.15) is 6.33 Å². The van der Waals surface area contributed by atoms with Crippen LogP contribution in [0.3, 0.4) is 0 Å². The van der Waals surface area contributed by atoms with Gasteiger partial charge in [0, 0.05) is 17.8 Å². The lowest BCUT2D eigenvalue weighted by atomic mass is 10.1. The highest BCUT2D eigenvalue weighted by Gasteiger charge is 2.10. The molecule has 0 aliphatic carbocycles. The number of hydrogen-bond donors (Lipinski definition) is 2. The van der Waals surface area contributed by atoms with E-state index in [0.717, 1.165) is 53.4 Å². The highest BCUT2D eigenvalue weighted by atomic mass is 15.3. The number of fused-ring (bicyclic) bond motifs is 1. The fourth-order valence-electron chi connectivity index (χ4n) is 3.14. The van der Waals surface area contributed by atoms with Gasteiger partial charge in [0.15, 0.2) is 0 Å². The van der Waals surface area contributed by atoms with Gasteiger partial charge in [0.05, 0.1) is 17.1 Å². The van der Waals surface area contributed by atoms with E-state index in [2.05, 4.69) is 37.7 Å². The molecule has 0 aliphatic heterocycles. The van der Waals surface area contributed by atoms with E-state index >= 15 is 0 Å². The summed E-state index contributed by atoms with van der Waals surface area (Å²) in [6.07, 6.45) is 3.62. The Morgan fingerprint density at radius 3 is 2.77 bits per heavy atom. The van der Waals surface area contributed by atoms with Crippen LogP contribution in [0.2, 0.25) is 0 Å². The average Bonchev–Trinajstić information content (AvgIpc) is 3.26. The first kappa shape index (κ1) is 16.3. The van der Waals surface area contributed by atoms with Crippen LogP contribution >= 0.6 is 0 Å². The third kappa shape index (κ3) is 3.15. The maximum atomic E-state index is 4.60. The molecule has 3 heterocycles. The van der Waals surface area contributed by atoms with Gasteiger partial charge >= 0.3 is 0 Å². The monoisotopic (exact) mass is 347 g/mol. The zero-order valence-electron chi connectivity index (χ0n) is 14.9. The van der Waals surface area contributed by atoms with Crippen molar-refractivity contribution >= 4 is 11.3 Å². The molecule has 26 heavy (non-hydrogen) atoms. The summed E-state index contributed by atoms with van der Waals surface area (Å²) in [5.41, 5.74) is 7.17. The minimum absolute atomic E-state index is 0.736. The van der Waals surface area contributed by atoms with E-state index in [0.29, 0.717) is 0 Å². The highest BCUT2D eigenvalue weighted by Crippen LogP contribution is 2.23. The molecule has 0 saturated carbocycles. The summed E-state index contributed by atoms with van der Waals surface area (Å²) < 4.78 is 1.72. The second-order valence-corrected chi connectivity index (χ2v) is 6.35. The molecule has 4 rings (SSSR count). The molecule has 1 aromatic carbocycles. The van der Waals surface area contributed by atoms with Crippen molar-refractivity contribution in [1.29, 1.82) is 0 Å². The number of anilines is 1. The molecule has 0 fully saturated rings. The third-order valence-corrected chi connectivity index (χ3v) is 4.54. The third-order valence-electron chi connectivity index (χ3n) is 4.54. The molecule has 2 N–H and O–H groups in total. The molecular weight excluding hydrogens is 326 g/mol. The lowest BCUT2D eigenvalue weighted by molar-refractivity contribution is 0.849. The second-order valence-electron chi connectivity index (χ2n) is 6.35. The molecule has 0 atom stereocenters. The number of nitrogens with one attached hydrogen (secondary N) is 2. The number of rotatable bonds is 6. The van der Waals surface area contributed by atoms with Crippen molar-refractivity contribution in [2.75, 3.05) is 11.9 Å². The minimum atomic E-state index is 0.736. The number of aromatic amines is 1. The van der Waals surface area contributed by atoms with E-state index < -0.39 is 0 Å². The predicted octanol–water partition coefficient (Wildman–Crippen LogP) is 3.18. The molecule has 3 aromatic heterocycles. The minimum Gasteiger partial charge on any atom is -0.382 e. The summed E-state index contributed by atoms with van der Waals surface area (Å²) in [5.74, 6) is 0. The summed E-state index contributed by atoms with van der Waals surface area (Å²) in [7, 11) is 0. The van der Waals surface area contributed by atoms with Crippen LogP contribution in [0.25, 0.3) is 16.9 Å². The summed E-state index contributed by atoms with van der Waals surface area (Å²) in [6, 6.07) is 12.2. The number of nitrogens with zero attached hydrogens (tertiary/aromatic N) is 5. The van der Waals surface area contributed by atoms with Gasteiger partial charge in [0.2, 0.25) is 5.65 Å². The number of hydrogen-bond acceptors (Lipinski definition) is 5. The summed E-state index contributed by atoms with van der Waals surface area (Å²) >= 11 is 0. The first-order chi connectivity index (χ1) is 12.7. The normalized spacial score (nSPS) is 11.2. The number of benzene rings is 1. The summed E-state index contributed by atoms with van der Waals surface area (Å²) in [4.78, 5) is 0. The molecule has 0 aliphatic rings. The summed E-state index contributed by atoms with van der Waals surface area (Å²) in [6.45, 7) is 4.95. The molecule has 0 bridgehead atoms. The molecule has 7 nitrogen and oxygen atoms in total. The Balaban J connectivity index is 1.51. The molecular formula is C19H21N7. The summed E-state index contributed by atoms with van der Waals surface area (Å²) in [5, 5.41) is 23.6. The van der Waals surface area contributed by atoms with E-state index in [1.165, 1.54) is 5.56 Å². The van der Waals surface area contributed by atoms with E-state index in [4.69, 9.17) is 0 Å². The number of aromatic nitrogens is 6. The first-order valence-corrected chi connectivity index (χ1v) is 8.73. The van der Waals surface area contributed by atoms with Crippen LogP contribution < -0.4 is 5.32 Å². The maximum Gasteiger partial charge on any atom is 0.200 e. The van der Waals surface area contributed by atoms with E-state index in [-0.39, 0.29) is 0 Å². The van der Waals surface area contributed by atoms with Gasteiger partial charge < -0.3 is 5.32 Å². The van der Waals surface area contributed by atoms with Gasteiger partial charge in [-0.15, -0.1) is 10.2 Å². The SMILES string of the molecule is Cc1n[nH]c(C)c1CCCNc1cc(-c2ccccc2)nn2cnnc12. The fourth-order valence-corrected chi connectivity index (χ4v) is 3.14. The Morgan fingerprint density at radius 2 is 2.00 bits per heavy atom. The van der Waals surface area contributed by atoms with Gasteiger partial charge in [-0.05, 0) is 38.3 Å². The molecule has 0 radical (unpaired) electrons. The Bertz CT molecular complexity index is 997. The maximum absolute atomic E-state index is 4.60. The van der Waals surface area contributed by atoms with Crippen molar-refractivity contribution in [3.8, 4) is 11.3 Å². The Kier molecular flexibility index (Phi) is 4.35. The molecule has 4 aromatic rings. The average molecular weight is 347 g/mol. The topological polar surface area (TPSA) is 83.8 Å². The van der Waals surface area contributed by atoms with Crippen molar-refractivity contribution in [3.05, 3.63) is 59.7 Å². The zero-order valence-corrected chi connectivity index (χ0v) is 14.9. The van der Waals surface area contributed by atoms with E-state index in [1.807, 2.05) is 43.3 Å². The van der Waals surface area contributed by atoms with Gasteiger partial charge in [-0.25, -0.2) is 0 Å².